The van der Waals surface area contributed by atoms with E-state index in [1.54, 1.807) is 29.2 Å². The van der Waals surface area contributed by atoms with Gasteiger partial charge in [-0.05, 0) is 79.4 Å². The summed E-state index contributed by atoms with van der Waals surface area (Å²) < 4.78 is 32.5. The number of allylic oxidation sites excluding steroid dienone is 1. The van der Waals surface area contributed by atoms with Gasteiger partial charge in [0.05, 0.1) is 18.2 Å². The van der Waals surface area contributed by atoms with Gasteiger partial charge in [0.2, 0.25) is 5.82 Å². The molecule has 0 saturated heterocycles. The summed E-state index contributed by atoms with van der Waals surface area (Å²) >= 11 is 0. The highest BCUT2D eigenvalue weighted by Gasteiger charge is 2.36. The molecule has 0 aliphatic carbocycles. The Morgan fingerprint density at radius 2 is 1.58 bits per heavy atom. The molecule has 4 aromatic rings. The maximum absolute atomic E-state index is 13.4. The molecule has 6 nitrogen and oxygen atoms in total. The molecule has 0 saturated carbocycles. The second-order valence-corrected chi connectivity index (χ2v) is 8.87. The molecular formula is C28H24F2N4O2. The Hall–Kier alpha value is -4.33. The molecular weight excluding hydrogens is 462 g/mol. The molecule has 0 bridgehead atoms. The molecule has 3 aromatic carbocycles. The minimum Gasteiger partial charge on any atom is -0.334 e. The van der Waals surface area contributed by atoms with E-state index in [1.165, 1.54) is 24.3 Å². The van der Waals surface area contributed by atoms with Gasteiger partial charge in [0, 0.05) is 11.3 Å². The molecule has 1 aliphatic rings. The van der Waals surface area contributed by atoms with E-state index in [9.17, 15) is 13.6 Å². The number of hydrogen-bond donors (Lipinski definition) is 1. The monoisotopic (exact) mass is 486 g/mol. The highest BCUT2D eigenvalue weighted by molar-refractivity contribution is 5.87. The molecule has 1 atom stereocenters. The molecule has 0 fully saturated rings. The van der Waals surface area contributed by atoms with Gasteiger partial charge in [0.25, 0.3) is 5.89 Å². The molecule has 1 aliphatic heterocycles. The van der Waals surface area contributed by atoms with Crippen LogP contribution in [0.15, 0.2) is 77.0 Å². The lowest BCUT2D eigenvalue weighted by molar-refractivity contribution is 0.203. The number of hydrogen-bond acceptors (Lipinski definition) is 4. The summed E-state index contributed by atoms with van der Waals surface area (Å²) in [6.07, 6.45) is 0. The van der Waals surface area contributed by atoms with Crippen LogP contribution in [-0.2, 0) is 6.54 Å². The van der Waals surface area contributed by atoms with Gasteiger partial charge < -0.3 is 9.84 Å². The van der Waals surface area contributed by atoms with E-state index < -0.39 is 6.04 Å². The Morgan fingerprint density at radius 3 is 2.25 bits per heavy atom. The number of rotatable bonds is 5. The first-order valence-electron chi connectivity index (χ1n) is 11.5. The van der Waals surface area contributed by atoms with Crippen molar-refractivity contribution < 1.29 is 18.1 Å². The number of nitrogens with one attached hydrogen (secondary N) is 1. The van der Waals surface area contributed by atoms with Crippen LogP contribution >= 0.6 is 0 Å². The average molecular weight is 487 g/mol. The maximum Gasteiger partial charge on any atom is 0.322 e. The van der Waals surface area contributed by atoms with Gasteiger partial charge in [-0.1, -0.05) is 35.5 Å². The summed E-state index contributed by atoms with van der Waals surface area (Å²) in [6, 6.07) is 17.0. The third-order valence-corrected chi connectivity index (χ3v) is 6.47. The van der Waals surface area contributed by atoms with Crippen molar-refractivity contribution in [3.63, 3.8) is 0 Å². The largest absolute Gasteiger partial charge is 0.334 e. The first-order valence-corrected chi connectivity index (χ1v) is 11.5. The molecule has 0 radical (unpaired) electrons. The fourth-order valence-electron chi connectivity index (χ4n) is 4.26. The number of aromatic nitrogens is 2. The van der Waals surface area contributed by atoms with E-state index in [0.717, 1.165) is 22.3 Å². The second kappa shape index (κ2) is 9.37. The van der Waals surface area contributed by atoms with Crippen LogP contribution in [0.2, 0.25) is 0 Å². The third-order valence-electron chi connectivity index (χ3n) is 6.47. The van der Waals surface area contributed by atoms with Crippen molar-refractivity contribution in [2.75, 3.05) is 0 Å². The number of nitrogens with zero attached hydrogens (tertiary/aromatic N) is 3. The molecule has 1 aromatic heterocycles. The van der Waals surface area contributed by atoms with Gasteiger partial charge in [-0.25, -0.2) is 13.6 Å². The van der Waals surface area contributed by atoms with Crippen LogP contribution in [0.1, 0.15) is 41.1 Å². The van der Waals surface area contributed by atoms with Gasteiger partial charge in [-0.3, -0.25) is 4.90 Å². The summed E-state index contributed by atoms with van der Waals surface area (Å²) in [5.74, 6) is -0.142. The summed E-state index contributed by atoms with van der Waals surface area (Å²) in [4.78, 5) is 19.4. The Labute approximate surface area is 207 Å². The zero-order valence-corrected chi connectivity index (χ0v) is 20.0. The van der Waals surface area contributed by atoms with Gasteiger partial charge >= 0.3 is 6.03 Å². The topological polar surface area (TPSA) is 71.3 Å². The minimum absolute atomic E-state index is 0.236. The molecule has 2 heterocycles. The average Bonchev–Trinajstić information content (AvgIpc) is 3.34. The van der Waals surface area contributed by atoms with E-state index >= 15 is 0 Å². The molecule has 8 heteroatoms. The van der Waals surface area contributed by atoms with Crippen molar-refractivity contribution in [3.8, 4) is 11.4 Å². The van der Waals surface area contributed by atoms with Crippen LogP contribution in [0.3, 0.4) is 0 Å². The first-order chi connectivity index (χ1) is 17.3. The number of aryl methyl sites for hydroxylation is 2. The second-order valence-electron chi connectivity index (χ2n) is 8.87. The van der Waals surface area contributed by atoms with Gasteiger partial charge in [0.15, 0.2) is 0 Å². The third kappa shape index (κ3) is 4.49. The lowest BCUT2D eigenvalue weighted by Crippen LogP contribution is -2.45. The molecule has 5 rings (SSSR count). The van der Waals surface area contributed by atoms with Crippen LogP contribution in [0.25, 0.3) is 17.0 Å². The van der Waals surface area contributed by atoms with Crippen LogP contribution < -0.4 is 5.32 Å². The molecule has 1 unspecified atom stereocenters. The van der Waals surface area contributed by atoms with E-state index in [4.69, 9.17) is 4.52 Å². The van der Waals surface area contributed by atoms with E-state index in [0.29, 0.717) is 22.7 Å². The Bertz CT molecular complexity index is 1460. The Balaban J connectivity index is 1.60. The lowest BCUT2D eigenvalue weighted by atomic mass is 9.92. The summed E-state index contributed by atoms with van der Waals surface area (Å²) in [5, 5.41) is 7.18. The summed E-state index contributed by atoms with van der Waals surface area (Å²) in [6.45, 7) is 6.10. The highest BCUT2D eigenvalue weighted by Crippen LogP contribution is 2.38. The maximum atomic E-state index is 13.4. The van der Waals surface area contributed by atoms with Crippen molar-refractivity contribution in [1.82, 2.24) is 20.4 Å². The summed E-state index contributed by atoms with van der Waals surface area (Å²) in [7, 11) is 0. The van der Waals surface area contributed by atoms with Crippen LogP contribution in [0, 0.1) is 25.5 Å². The van der Waals surface area contributed by atoms with Crippen molar-refractivity contribution in [1.29, 1.82) is 0 Å². The molecule has 2 amide bonds. The number of urea groups is 1. The number of carbonyl (C=O) groups is 1. The van der Waals surface area contributed by atoms with E-state index in [1.807, 2.05) is 39.0 Å². The van der Waals surface area contributed by atoms with Crippen molar-refractivity contribution in [3.05, 3.63) is 112 Å². The number of halogens is 2. The number of amides is 2. The fraction of sp³-hybridized carbons (Fsp3) is 0.179. The van der Waals surface area contributed by atoms with Crippen molar-refractivity contribution >= 4 is 11.6 Å². The van der Waals surface area contributed by atoms with Crippen LogP contribution in [-0.4, -0.2) is 21.1 Å². The molecule has 1 N–H and O–H groups in total. The molecule has 0 spiro atoms. The van der Waals surface area contributed by atoms with Crippen molar-refractivity contribution in [2.45, 2.75) is 33.4 Å². The SMILES string of the molecule is CC1=C(c2nc(-c3ccc(F)cc3)no2)C(c2ccc(C)c(C)c2)NC(=O)N1Cc1ccc(F)cc1. The first kappa shape index (κ1) is 23.4. The zero-order valence-electron chi connectivity index (χ0n) is 20.0. The van der Waals surface area contributed by atoms with Crippen molar-refractivity contribution in [2.24, 2.45) is 0 Å². The zero-order chi connectivity index (χ0) is 25.4. The molecule has 36 heavy (non-hydrogen) atoms. The van der Waals surface area contributed by atoms with Gasteiger partial charge in [0.1, 0.15) is 11.6 Å². The minimum atomic E-state index is -0.525. The summed E-state index contributed by atoms with van der Waals surface area (Å²) in [5.41, 5.74) is 5.77. The number of carbonyl (C=O) groups excluding carboxylic acids is 1. The van der Waals surface area contributed by atoms with Crippen LogP contribution in [0.5, 0.6) is 0 Å². The predicted molar refractivity (Wildman–Crippen MR) is 131 cm³/mol. The quantitative estimate of drug-likeness (QED) is 0.358. The fourth-order valence-corrected chi connectivity index (χ4v) is 4.26. The smallest absolute Gasteiger partial charge is 0.322 e. The highest BCUT2D eigenvalue weighted by atomic mass is 19.1. The van der Waals surface area contributed by atoms with Crippen LogP contribution in [0.4, 0.5) is 13.6 Å². The van der Waals surface area contributed by atoms with E-state index in [-0.39, 0.29) is 30.1 Å². The number of benzene rings is 3. The lowest BCUT2D eigenvalue weighted by Gasteiger charge is -2.35. The Kier molecular flexibility index (Phi) is 6.10. The van der Waals surface area contributed by atoms with Gasteiger partial charge in [-0.15, -0.1) is 0 Å². The normalized spacial score (nSPS) is 15.9. The standard InChI is InChI=1S/C28H24F2N4O2/c1-16-4-7-21(14-17(16)2)25-24(27-32-26(33-36-27)20-8-12-23(30)13-9-20)18(3)34(28(35)31-25)15-19-5-10-22(29)11-6-19/h4-14,25H,15H2,1-3H3,(H,31,35). The predicted octanol–water partition coefficient (Wildman–Crippen LogP) is 6.33. The Morgan fingerprint density at radius 1 is 0.917 bits per heavy atom. The van der Waals surface area contributed by atoms with Gasteiger partial charge in [-0.2, -0.15) is 4.98 Å². The molecule has 182 valence electrons. The van der Waals surface area contributed by atoms with E-state index in [2.05, 4.69) is 15.5 Å².